The van der Waals surface area contributed by atoms with Crippen LogP contribution in [0.3, 0.4) is 0 Å². The Balaban J connectivity index is 2.89. The van der Waals surface area contributed by atoms with Crippen molar-refractivity contribution in [1.82, 2.24) is 0 Å². The first kappa shape index (κ1) is 9.42. The van der Waals surface area contributed by atoms with Gasteiger partial charge >= 0.3 is 0 Å². The molecule has 1 nitrogen and oxygen atoms in total. The smallest absolute Gasteiger partial charge is 0.137 e. The summed E-state index contributed by atoms with van der Waals surface area (Å²) >= 11 is 3.05. The van der Waals surface area contributed by atoms with Crippen LogP contribution >= 0.6 is 15.9 Å². The van der Waals surface area contributed by atoms with Crippen LogP contribution in [0.25, 0.3) is 6.08 Å². The third-order valence-corrected chi connectivity index (χ3v) is 2.00. The average Bonchev–Trinajstić information content (AvgIpc) is 2.07. The zero-order valence-corrected chi connectivity index (χ0v) is 7.88. The molecule has 1 rings (SSSR count). The first-order valence-corrected chi connectivity index (χ1v) is 4.26. The van der Waals surface area contributed by atoms with Crippen LogP contribution in [0.1, 0.15) is 5.56 Å². The van der Waals surface area contributed by atoms with Gasteiger partial charge < -0.3 is 5.11 Å². The van der Waals surface area contributed by atoms with Gasteiger partial charge in [0.25, 0.3) is 0 Å². The molecule has 0 fully saturated rings. The second-order valence-corrected chi connectivity index (χ2v) is 3.11. The molecule has 1 N–H and O–H groups in total. The standard InChI is InChI=1S/C9H8BrFO/c10-8-4-3-7(2-1-5-12)6-9(8)11/h1-4,6,12H,5H2. The van der Waals surface area contributed by atoms with Gasteiger partial charge in [0.05, 0.1) is 11.1 Å². The molecule has 3 heteroatoms. The van der Waals surface area contributed by atoms with Crippen LogP contribution in [0.15, 0.2) is 28.7 Å². The lowest BCUT2D eigenvalue weighted by Crippen LogP contribution is -1.79. The van der Waals surface area contributed by atoms with Gasteiger partial charge in [-0.2, -0.15) is 0 Å². The van der Waals surface area contributed by atoms with E-state index >= 15 is 0 Å². The molecule has 0 aliphatic rings. The van der Waals surface area contributed by atoms with Gasteiger partial charge in [0.2, 0.25) is 0 Å². The summed E-state index contributed by atoms with van der Waals surface area (Å²) in [5, 5.41) is 8.46. The van der Waals surface area contributed by atoms with Gasteiger partial charge in [0, 0.05) is 0 Å². The Labute approximate surface area is 78.7 Å². The minimum atomic E-state index is -0.296. The fourth-order valence-electron chi connectivity index (χ4n) is 0.805. The number of aliphatic hydroxyl groups is 1. The van der Waals surface area contributed by atoms with Crippen molar-refractivity contribution in [3.63, 3.8) is 0 Å². The molecule has 1 aromatic rings. The molecule has 0 saturated heterocycles. The molecular formula is C9H8BrFO. The maximum atomic E-state index is 12.9. The van der Waals surface area contributed by atoms with Crippen LogP contribution < -0.4 is 0 Å². The minimum absolute atomic E-state index is 0.0301. The van der Waals surface area contributed by atoms with Crippen molar-refractivity contribution < 1.29 is 9.50 Å². The number of hydrogen-bond donors (Lipinski definition) is 1. The summed E-state index contributed by atoms with van der Waals surface area (Å²) in [4.78, 5) is 0. The van der Waals surface area contributed by atoms with Crippen LogP contribution in [-0.4, -0.2) is 11.7 Å². The van der Waals surface area contributed by atoms with E-state index in [9.17, 15) is 4.39 Å². The van der Waals surface area contributed by atoms with Crippen molar-refractivity contribution >= 4 is 22.0 Å². The highest BCUT2D eigenvalue weighted by molar-refractivity contribution is 9.10. The van der Waals surface area contributed by atoms with Gasteiger partial charge in [-0.15, -0.1) is 0 Å². The quantitative estimate of drug-likeness (QED) is 0.829. The molecule has 0 bridgehead atoms. The average molecular weight is 231 g/mol. The third kappa shape index (κ3) is 2.43. The monoisotopic (exact) mass is 230 g/mol. The SMILES string of the molecule is OCC=Cc1ccc(Br)c(F)c1. The predicted molar refractivity (Wildman–Crippen MR) is 50.2 cm³/mol. The molecule has 12 heavy (non-hydrogen) atoms. The van der Waals surface area contributed by atoms with Crippen molar-refractivity contribution in [2.75, 3.05) is 6.61 Å². The molecule has 0 aliphatic heterocycles. The Hall–Kier alpha value is -0.670. The van der Waals surface area contributed by atoms with Crippen molar-refractivity contribution in [1.29, 1.82) is 0 Å². The topological polar surface area (TPSA) is 20.2 Å². The van der Waals surface area contributed by atoms with E-state index in [1.54, 1.807) is 24.3 Å². The molecule has 0 aliphatic carbocycles. The Morgan fingerprint density at radius 2 is 2.25 bits per heavy atom. The maximum Gasteiger partial charge on any atom is 0.137 e. The van der Waals surface area contributed by atoms with Crippen molar-refractivity contribution in [2.45, 2.75) is 0 Å². The van der Waals surface area contributed by atoms with Crippen LogP contribution in [0.2, 0.25) is 0 Å². The zero-order valence-electron chi connectivity index (χ0n) is 6.30. The zero-order chi connectivity index (χ0) is 8.97. The fourth-order valence-corrected chi connectivity index (χ4v) is 1.05. The Bertz CT molecular complexity index is 297. The fraction of sp³-hybridized carbons (Fsp3) is 0.111. The first-order chi connectivity index (χ1) is 5.74. The molecular weight excluding hydrogens is 223 g/mol. The van der Waals surface area contributed by atoms with E-state index in [-0.39, 0.29) is 12.4 Å². The number of benzene rings is 1. The van der Waals surface area contributed by atoms with E-state index in [1.165, 1.54) is 6.07 Å². The van der Waals surface area contributed by atoms with Gasteiger partial charge in [0.1, 0.15) is 5.82 Å². The molecule has 0 amide bonds. The van der Waals surface area contributed by atoms with E-state index in [0.717, 1.165) is 5.56 Å². The molecule has 1 aromatic carbocycles. The third-order valence-electron chi connectivity index (χ3n) is 1.36. The van der Waals surface area contributed by atoms with Crippen LogP contribution in [0, 0.1) is 5.82 Å². The van der Waals surface area contributed by atoms with Crippen molar-refractivity contribution in [2.24, 2.45) is 0 Å². The highest BCUT2D eigenvalue weighted by Gasteiger charge is 1.96. The van der Waals surface area contributed by atoms with Crippen molar-refractivity contribution in [3.05, 3.63) is 40.1 Å². The molecule has 64 valence electrons. The Kier molecular flexibility index (Phi) is 3.44. The maximum absolute atomic E-state index is 12.9. The van der Waals surface area contributed by atoms with Gasteiger partial charge in [-0.3, -0.25) is 0 Å². The minimum Gasteiger partial charge on any atom is -0.392 e. The molecule has 0 heterocycles. The lowest BCUT2D eigenvalue weighted by atomic mass is 10.2. The van der Waals surface area contributed by atoms with Gasteiger partial charge in [0.15, 0.2) is 0 Å². The van der Waals surface area contributed by atoms with Gasteiger partial charge in [-0.25, -0.2) is 4.39 Å². The van der Waals surface area contributed by atoms with Crippen LogP contribution in [0.5, 0.6) is 0 Å². The highest BCUT2D eigenvalue weighted by atomic mass is 79.9. The normalized spacial score (nSPS) is 10.9. The summed E-state index contributed by atoms with van der Waals surface area (Å²) in [6.45, 7) is -0.0301. The Morgan fingerprint density at radius 3 is 2.83 bits per heavy atom. The van der Waals surface area contributed by atoms with Gasteiger partial charge in [-0.05, 0) is 33.6 Å². The second kappa shape index (κ2) is 4.38. The van der Waals surface area contributed by atoms with E-state index in [1.807, 2.05) is 0 Å². The number of hydrogen-bond acceptors (Lipinski definition) is 1. The lowest BCUT2D eigenvalue weighted by molar-refractivity contribution is 0.343. The summed E-state index contributed by atoms with van der Waals surface area (Å²) in [7, 11) is 0. The summed E-state index contributed by atoms with van der Waals surface area (Å²) in [6.07, 6.45) is 3.22. The second-order valence-electron chi connectivity index (χ2n) is 2.26. The van der Waals surface area contributed by atoms with E-state index in [4.69, 9.17) is 5.11 Å². The number of rotatable bonds is 2. The highest BCUT2D eigenvalue weighted by Crippen LogP contribution is 2.16. The summed E-state index contributed by atoms with van der Waals surface area (Å²) in [6, 6.07) is 4.79. The first-order valence-electron chi connectivity index (χ1n) is 3.46. The molecule has 0 aromatic heterocycles. The molecule has 0 radical (unpaired) electrons. The summed E-state index contributed by atoms with van der Waals surface area (Å²) < 4.78 is 13.3. The lowest BCUT2D eigenvalue weighted by Gasteiger charge is -1.95. The summed E-state index contributed by atoms with van der Waals surface area (Å²) in [5.41, 5.74) is 0.741. The van der Waals surface area contributed by atoms with E-state index in [0.29, 0.717) is 4.47 Å². The van der Waals surface area contributed by atoms with E-state index < -0.39 is 0 Å². The van der Waals surface area contributed by atoms with Gasteiger partial charge in [-0.1, -0.05) is 18.2 Å². The number of halogens is 2. The molecule has 0 atom stereocenters. The number of aliphatic hydroxyl groups excluding tert-OH is 1. The largest absolute Gasteiger partial charge is 0.392 e. The molecule has 0 saturated carbocycles. The molecule has 0 unspecified atom stereocenters. The van der Waals surface area contributed by atoms with Crippen LogP contribution in [0.4, 0.5) is 4.39 Å². The predicted octanol–water partition coefficient (Wildman–Crippen LogP) is 2.59. The van der Waals surface area contributed by atoms with Crippen molar-refractivity contribution in [3.8, 4) is 0 Å². The van der Waals surface area contributed by atoms with Crippen LogP contribution in [-0.2, 0) is 0 Å². The Morgan fingerprint density at radius 1 is 1.50 bits per heavy atom. The van der Waals surface area contributed by atoms with E-state index in [2.05, 4.69) is 15.9 Å². The summed E-state index contributed by atoms with van der Waals surface area (Å²) in [5.74, 6) is -0.296. The molecule has 0 spiro atoms.